The lowest BCUT2D eigenvalue weighted by atomic mass is 9.92. The number of hydrogen-bond donors (Lipinski definition) is 0. The van der Waals surface area contributed by atoms with E-state index in [1.165, 1.54) is 0 Å². The van der Waals surface area contributed by atoms with Crippen molar-refractivity contribution in [3.8, 4) is 0 Å². The highest BCUT2D eigenvalue weighted by Gasteiger charge is 2.84. The van der Waals surface area contributed by atoms with E-state index in [0.29, 0.717) is 12.8 Å². The van der Waals surface area contributed by atoms with Crippen molar-refractivity contribution in [2.75, 3.05) is 0 Å². The maximum atomic E-state index is 13.4. The SMILES string of the molecule is CCCCCCCCC(F)(F)C(F)(F)C(F)(F)C(F)(F)C(C)(F)F. The molecule has 0 rings (SSSR count). The van der Waals surface area contributed by atoms with Gasteiger partial charge in [-0.3, -0.25) is 0 Å². The topological polar surface area (TPSA) is 0 Å². The molecule has 0 bridgehead atoms. The normalized spacial score (nSPS) is 15.0. The van der Waals surface area contributed by atoms with Gasteiger partial charge in [-0.2, -0.15) is 43.9 Å². The fourth-order valence-corrected chi connectivity index (χ4v) is 1.99. The lowest BCUT2D eigenvalue weighted by molar-refractivity contribution is -0.399. The van der Waals surface area contributed by atoms with Crippen LogP contribution in [0.4, 0.5) is 43.9 Å². The minimum Gasteiger partial charge on any atom is -0.200 e. The van der Waals surface area contributed by atoms with Crippen molar-refractivity contribution < 1.29 is 43.9 Å². The highest BCUT2D eigenvalue weighted by molar-refractivity contribution is 5.07. The van der Waals surface area contributed by atoms with Crippen LogP contribution in [0.2, 0.25) is 0 Å². The monoisotopic (exact) mass is 378 g/mol. The maximum absolute atomic E-state index is 13.4. The zero-order valence-corrected chi connectivity index (χ0v) is 13.2. The number of alkyl halides is 10. The summed E-state index contributed by atoms with van der Waals surface area (Å²) in [5, 5.41) is 0. The third-order valence-corrected chi connectivity index (χ3v) is 3.64. The summed E-state index contributed by atoms with van der Waals surface area (Å²) in [5.74, 6) is -31.3. The van der Waals surface area contributed by atoms with E-state index in [0.717, 1.165) is 12.8 Å². The van der Waals surface area contributed by atoms with E-state index in [-0.39, 0.29) is 6.42 Å². The van der Waals surface area contributed by atoms with Gasteiger partial charge >= 0.3 is 29.6 Å². The molecule has 146 valence electrons. The summed E-state index contributed by atoms with van der Waals surface area (Å²) in [5.41, 5.74) is 0. The summed E-state index contributed by atoms with van der Waals surface area (Å²) >= 11 is 0. The van der Waals surface area contributed by atoms with E-state index in [2.05, 4.69) is 0 Å². The Balaban J connectivity index is 5.11. The third kappa shape index (κ3) is 4.47. The summed E-state index contributed by atoms with van der Waals surface area (Å²) in [6.45, 7) is 1.13. The van der Waals surface area contributed by atoms with Crippen LogP contribution in [-0.2, 0) is 0 Å². The summed E-state index contributed by atoms with van der Waals surface area (Å²) in [6.07, 6.45) is 0.189. The minimum atomic E-state index is -6.91. The Kier molecular flexibility index (Phi) is 7.45. The minimum absolute atomic E-state index is 0.0115. The maximum Gasteiger partial charge on any atom is 0.384 e. The standard InChI is InChI=1S/C14H20F10/c1-3-4-5-6-7-8-9-11(17,18)13(21,22)14(23,24)12(19,20)10(2,15)16/h3-9H2,1-2H3. The molecule has 0 atom stereocenters. The van der Waals surface area contributed by atoms with Gasteiger partial charge in [-0.15, -0.1) is 0 Å². The third-order valence-electron chi connectivity index (χ3n) is 3.64. The molecule has 0 aliphatic carbocycles. The van der Waals surface area contributed by atoms with Crippen molar-refractivity contribution >= 4 is 0 Å². The van der Waals surface area contributed by atoms with Crippen LogP contribution in [-0.4, -0.2) is 29.6 Å². The molecule has 0 aromatic rings. The van der Waals surface area contributed by atoms with Crippen LogP contribution >= 0.6 is 0 Å². The molecule has 0 N–H and O–H groups in total. The predicted octanol–water partition coefficient (Wildman–Crippen LogP) is 6.93. The molecule has 0 heterocycles. The molecule has 24 heavy (non-hydrogen) atoms. The molecule has 0 saturated carbocycles. The van der Waals surface area contributed by atoms with Gasteiger partial charge in [0.1, 0.15) is 0 Å². The van der Waals surface area contributed by atoms with Crippen LogP contribution in [0, 0.1) is 0 Å². The fourth-order valence-electron chi connectivity index (χ4n) is 1.99. The molecule has 0 aromatic heterocycles. The van der Waals surface area contributed by atoms with E-state index in [9.17, 15) is 43.9 Å². The molecule has 0 saturated heterocycles. The van der Waals surface area contributed by atoms with Crippen molar-refractivity contribution in [3.63, 3.8) is 0 Å². The number of halogens is 10. The van der Waals surface area contributed by atoms with Gasteiger partial charge in [0.05, 0.1) is 0 Å². The predicted molar refractivity (Wildman–Crippen MR) is 68.4 cm³/mol. The van der Waals surface area contributed by atoms with E-state index in [4.69, 9.17) is 0 Å². The molecule has 0 fully saturated rings. The molecular weight excluding hydrogens is 358 g/mol. The van der Waals surface area contributed by atoms with E-state index in [1.807, 2.05) is 6.92 Å². The second kappa shape index (κ2) is 7.68. The number of hydrogen-bond acceptors (Lipinski definition) is 0. The highest BCUT2D eigenvalue weighted by atomic mass is 19.4. The lowest BCUT2D eigenvalue weighted by Gasteiger charge is -2.38. The fraction of sp³-hybridized carbons (Fsp3) is 1.00. The Morgan fingerprint density at radius 1 is 0.542 bits per heavy atom. The summed E-state index contributed by atoms with van der Waals surface area (Å²) in [6, 6.07) is 0. The van der Waals surface area contributed by atoms with Gasteiger partial charge in [0.15, 0.2) is 0 Å². The van der Waals surface area contributed by atoms with Crippen molar-refractivity contribution in [3.05, 3.63) is 0 Å². The van der Waals surface area contributed by atoms with Crippen LogP contribution in [0.15, 0.2) is 0 Å². The van der Waals surface area contributed by atoms with Gasteiger partial charge in [-0.1, -0.05) is 39.0 Å². The first-order chi connectivity index (χ1) is 10.6. The Morgan fingerprint density at radius 2 is 0.958 bits per heavy atom. The molecule has 10 heteroatoms. The summed E-state index contributed by atoms with van der Waals surface area (Å²) in [7, 11) is 0. The first-order valence-electron chi connectivity index (χ1n) is 7.45. The summed E-state index contributed by atoms with van der Waals surface area (Å²) in [4.78, 5) is 0. The molecule has 0 amide bonds. The lowest BCUT2D eigenvalue weighted by Crippen LogP contribution is -2.66. The zero-order valence-electron chi connectivity index (χ0n) is 13.2. The van der Waals surface area contributed by atoms with Gasteiger partial charge in [0.2, 0.25) is 0 Å². The largest absolute Gasteiger partial charge is 0.384 e. The molecule has 0 spiro atoms. The van der Waals surface area contributed by atoms with Gasteiger partial charge in [-0.25, -0.2) is 0 Å². The van der Waals surface area contributed by atoms with Crippen molar-refractivity contribution in [1.29, 1.82) is 0 Å². The van der Waals surface area contributed by atoms with Gasteiger partial charge < -0.3 is 0 Å². The van der Waals surface area contributed by atoms with E-state index in [1.54, 1.807) is 0 Å². The van der Waals surface area contributed by atoms with Gasteiger partial charge in [0.25, 0.3) is 0 Å². The average Bonchev–Trinajstić information content (AvgIpc) is 2.40. The molecule has 0 nitrogen and oxygen atoms in total. The van der Waals surface area contributed by atoms with Crippen molar-refractivity contribution in [2.45, 2.75) is 88.4 Å². The van der Waals surface area contributed by atoms with Crippen molar-refractivity contribution in [2.24, 2.45) is 0 Å². The van der Waals surface area contributed by atoms with Gasteiger partial charge in [-0.05, 0) is 6.42 Å². The number of rotatable bonds is 11. The molecule has 0 aromatic carbocycles. The van der Waals surface area contributed by atoms with Crippen LogP contribution in [0.5, 0.6) is 0 Å². The first-order valence-corrected chi connectivity index (χ1v) is 7.45. The van der Waals surface area contributed by atoms with Crippen LogP contribution in [0.25, 0.3) is 0 Å². The van der Waals surface area contributed by atoms with E-state index < -0.39 is 49.4 Å². The second-order valence-electron chi connectivity index (χ2n) is 5.83. The molecular formula is C14H20F10. The Morgan fingerprint density at radius 3 is 1.38 bits per heavy atom. The first kappa shape index (κ1) is 23.3. The highest BCUT2D eigenvalue weighted by Crippen LogP contribution is 2.57. The smallest absolute Gasteiger partial charge is 0.200 e. The van der Waals surface area contributed by atoms with Gasteiger partial charge in [0, 0.05) is 13.3 Å². The number of unbranched alkanes of at least 4 members (excludes halogenated alkanes) is 5. The zero-order chi connectivity index (χ0) is 19.4. The molecule has 0 unspecified atom stereocenters. The summed E-state index contributed by atoms with van der Waals surface area (Å²) < 4.78 is 131. The Hall–Kier alpha value is -0.700. The molecule has 0 aliphatic heterocycles. The quantitative estimate of drug-likeness (QED) is 0.270. The van der Waals surface area contributed by atoms with Crippen molar-refractivity contribution in [1.82, 2.24) is 0 Å². The van der Waals surface area contributed by atoms with Crippen LogP contribution < -0.4 is 0 Å². The molecule has 0 radical (unpaired) electrons. The Labute approximate surface area is 133 Å². The molecule has 0 aliphatic rings. The average molecular weight is 378 g/mol. The Bertz CT molecular complexity index is 384. The van der Waals surface area contributed by atoms with Crippen LogP contribution in [0.3, 0.4) is 0 Å². The van der Waals surface area contributed by atoms with E-state index >= 15 is 0 Å². The second-order valence-corrected chi connectivity index (χ2v) is 5.83. The van der Waals surface area contributed by atoms with Crippen LogP contribution in [0.1, 0.15) is 58.8 Å².